The number of carbonyl (C=O) groups is 2. The monoisotopic (exact) mass is 792 g/mol. The van der Waals surface area contributed by atoms with Crippen molar-refractivity contribution in [3.63, 3.8) is 0 Å². The van der Waals surface area contributed by atoms with Gasteiger partial charge in [0.1, 0.15) is 19.8 Å². The lowest BCUT2D eigenvalue weighted by Crippen LogP contribution is -2.37. The molecule has 0 aliphatic rings. The molecule has 0 bridgehead atoms. The first-order chi connectivity index (χ1) is 26.5. The van der Waals surface area contributed by atoms with Gasteiger partial charge in [0.05, 0.1) is 27.7 Å². The van der Waals surface area contributed by atoms with Gasteiger partial charge in [0.2, 0.25) is 0 Å². The van der Waals surface area contributed by atoms with Crippen LogP contribution >= 0.6 is 7.82 Å². The Balaban J connectivity index is 4.52. The molecule has 0 N–H and O–H groups in total. The summed E-state index contributed by atoms with van der Waals surface area (Å²) in [5, 5.41) is 0. The highest BCUT2D eigenvalue weighted by Gasteiger charge is 2.21. The average Bonchev–Trinajstić information content (AvgIpc) is 3.13. The number of allylic oxidation sites excluding steroid dienone is 12. The van der Waals surface area contributed by atoms with E-state index in [0.29, 0.717) is 30.3 Å². The molecule has 0 radical (unpaired) electrons. The fraction of sp³-hybridized carbons (Fsp3) is 0.689. The summed E-state index contributed by atoms with van der Waals surface area (Å²) in [6, 6.07) is 0. The van der Waals surface area contributed by atoms with Crippen LogP contribution in [0.2, 0.25) is 0 Å². The van der Waals surface area contributed by atoms with Crippen molar-refractivity contribution in [1.29, 1.82) is 0 Å². The molecular formula is C45H78NO8P. The first-order valence-electron chi connectivity index (χ1n) is 21.1. The number of esters is 2. The Labute approximate surface area is 336 Å². The number of hydrogen-bond acceptors (Lipinski definition) is 8. The van der Waals surface area contributed by atoms with E-state index in [0.717, 1.165) is 64.2 Å². The third-order valence-corrected chi connectivity index (χ3v) is 9.42. The van der Waals surface area contributed by atoms with Crippen molar-refractivity contribution in [2.24, 2.45) is 0 Å². The van der Waals surface area contributed by atoms with Gasteiger partial charge in [-0.05, 0) is 77.0 Å². The molecule has 0 rings (SSSR count). The van der Waals surface area contributed by atoms with E-state index in [9.17, 15) is 19.0 Å². The normalized spacial score (nSPS) is 14.4. The molecule has 0 amide bonds. The lowest BCUT2D eigenvalue weighted by atomic mass is 10.1. The minimum atomic E-state index is -4.64. The second-order valence-electron chi connectivity index (χ2n) is 15.0. The van der Waals surface area contributed by atoms with E-state index >= 15 is 0 Å². The van der Waals surface area contributed by atoms with Crippen LogP contribution in [-0.4, -0.2) is 70.0 Å². The number of hydrogen-bond donors (Lipinski definition) is 0. The first kappa shape index (κ1) is 52.5. The zero-order chi connectivity index (χ0) is 40.7. The lowest BCUT2D eigenvalue weighted by molar-refractivity contribution is -0.870. The minimum Gasteiger partial charge on any atom is -0.756 e. The fourth-order valence-corrected chi connectivity index (χ4v) is 5.88. The molecule has 316 valence electrons. The number of carbonyl (C=O) groups excluding carboxylic acids is 2. The van der Waals surface area contributed by atoms with E-state index < -0.39 is 32.5 Å². The molecular weight excluding hydrogens is 713 g/mol. The van der Waals surface area contributed by atoms with Gasteiger partial charge in [-0.25, -0.2) is 0 Å². The van der Waals surface area contributed by atoms with Gasteiger partial charge in [0.25, 0.3) is 7.82 Å². The van der Waals surface area contributed by atoms with Crippen LogP contribution in [0.25, 0.3) is 0 Å². The van der Waals surface area contributed by atoms with Gasteiger partial charge >= 0.3 is 11.9 Å². The van der Waals surface area contributed by atoms with Gasteiger partial charge in [0.15, 0.2) is 6.10 Å². The maximum Gasteiger partial charge on any atom is 0.306 e. The number of phosphoric ester groups is 1. The molecule has 0 aromatic carbocycles. The lowest BCUT2D eigenvalue weighted by Gasteiger charge is -2.28. The van der Waals surface area contributed by atoms with Gasteiger partial charge in [-0.2, -0.15) is 0 Å². The van der Waals surface area contributed by atoms with E-state index in [1.165, 1.54) is 38.5 Å². The van der Waals surface area contributed by atoms with Crippen molar-refractivity contribution < 1.29 is 42.1 Å². The van der Waals surface area contributed by atoms with Crippen molar-refractivity contribution in [1.82, 2.24) is 0 Å². The van der Waals surface area contributed by atoms with Crippen molar-refractivity contribution in [3.8, 4) is 0 Å². The van der Waals surface area contributed by atoms with Gasteiger partial charge in [-0.15, -0.1) is 0 Å². The molecule has 0 aliphatic heterocycles. The first-order valence-corrected chi connectivity index (χ1v) is 22.6. The van der Waals surface area contributed by atoms with Crippen molar-refractivity contribution >= 4 is 19.8 Å². The average molecular weight is 792 g/mol. The molecule has 0 aliphatic carbocycles. The molecule has 0 saturated heterocycles. The topological polar surface area (TPSA) is 111 Å². The highest BCUT2D eigenvalue weighted by Crippen LogP contribution is 2.38. The molecule has 0 saturated carbocycles. The van der Waals surface area contributed by atoms with E-state index in [1.54, 1.807) is 0 Å². The molecule has 0 heterocycles. The Morgan fingerprint density at radius 2 is 1.05 bits per heavy atom. The summed E-state index contributed by atoms with van der Waals surface area (Å²) in [7, 11) is 1.11. The number of quaternary nitrogens is 1. The van der Waals surface area contributed by atoms with Crippen molar-refractivity contribution in [2.75, 3.05) is 47.5 Å². The zero-order valence-corrected chi connectivity index (χ0v) is 36.2. The Bertz CT molecular complexity index is 1170. The van der Waals surface area contributed by atoms with Crippen LogP contribution < -0.4 is 4.89 Å². The molecule has 0 fully saturated rings. The Morgan fingerprint density at radius 3 is 1.62 bits per heavy atom. The summed E-state index contributed by atoms with van der Waals surface area (Å²) >= 11 is 0. The molecule has 55 heavy (non-hydrogen) atoms. The van der Waals surface area contributed by atoms with Gasteiger partial charge in [0, 0.05) is 12.8 Å². The van der Waals surface area contributed by atoms with E-state index in [2.05, 4.69) is 80.7 Å². The van der Waals surface area contributed by atoms with Gasteiger partial charge in [-0.3, -0.25) is 14.2 Å². The summed E-state index contributed by atoms with van der Waals surface area (Å²) in [5.41, 5.74) is 0. The summed E-state index contributed by atoms with van der Waals surface area (Å²) in [5.74, 6) is -0.920. The quantitative estimate of drug-likeness (QED) is 0.0201. The van der Waals surface area contributed by atoms with Crippen LogP contribution in [-0.2, 0) is 32.7 Å². The van der Waals surface area contributed by atoms with Crippen molar-refractivity contribution in [2.45, 2.75) is 155 Å². The van der Waals surface area contributed by atoms with Crippen molar-refractivity contribution in [3.05, 3.63) is 72.9 Å². The number of ether oxygens (including phenoxy) is 2. The smallest absolute Gasteiger partial charge is 0.306 e. The maximum atomic E-state index is 12.6. The number of unbranched alkanes of at least 4 members (excludes halogenated alkanes) is 11. The Kier molecular flexibility index (Phi) is 35.3. The van der Waals surface area contributed by atoms with Crippen LogP contribution in [0.3, 0.4) is 0 Å². The SMILES string of the molecule is CC/C=C/C/C=C/C/C=C/C/C=C/C/C=C/CCCC(=O)O[C@H](COC(=O)CCCCCCC/C=C/CCCCCCC)COP(=O)([O-])OCC[N+](C)(C)C. The highest BCUT2D eigenvalue weighted by atomic mass is 31.2. The zero-order valence-electron chi connectivity index (χ0n) is 35.3. The molecule has 0 aromatic rings. The molecule has 0 aromatic heterocycles. The molecule has 9 nitrogen and oxygen atoms in total. The van der Waals surface area contributed by atoms with E-state index in [1.807, 2.05) is 27.2 Å². The second-order valence-corrected chi connectivity index (χ2v) is 16.4. The summed E-state index contributed by atoms with van der Waals surface area (Å²) in [6.07, 6.45) is 45.1. The summed E-state index contributed by atoms with van der Waals surface area (Å²) < 4.78 is 33.8. The molecule has 10 heteroatoms. The maximum absolute atomic E-state index is 12.6. The van der Waals surface area contributed by atoms with Crippen LogP contribution in [0.5, 0.6) is 0 Å². The third kappa shape index (κ3) is 40.9. The minimum absolute atomic E-state index is 0.0462. The van der Waals surface area contributed by atoms with Crippen LogP contribution in [0.15, 0.2) is 72.9 Å². The summed E-state index contributed by atoms with van der Waals surface area (Å²) in [6.45, 7) is 4.00. The van der Waals surface area contributed by atoms with Gasteiger partial charge in [-0.1, -0.05) is 132 Å². The predicted octanol–water partition coefficient (Wildman–Crippen LogP) is 11.2. The molecule has 1 unspecified atom stereocenters. The second kappa shape index (κ2) is 37.1. The van der Waals surface area contributed by atoms with Crippen LogP contribution in [0.4, 0.5) is 0 Å². The summed E-state index contributed by atoms with van der Waals surface area (Å²) in [4.78, 5) is 37.4. The number of phosphoric acid groups is 1. The number of rotatable bonds is 37. The Hall–Kier alpha value is -2.55. The standard InChI is InChI=1S/C45H78NO8P/c1-6-8-10-12-14-16-18-20-22-23-24-26-28-30-32-34-36-38-45(48)54-43(42-53-55(49,50)52-40-39-46(3,4)5)41-51-44(47)37-35-33-31-29-27-25-21-19-17-15-13-11-9-7-2/h8,10,14,16,19-22,24,26,30,32,43H,6-7,9,11-13,15,17-18,23,25,27-29,31,33-42H2,1-5H3/b10-8+,16-14+,21-19+,22-20+,26-24+,32-30+/t43-/m1/s1. The molecule has 0 spiro atoms. The highest BCUT2D eigenvalue weighted by molar-refractivity contribution is 7.45. The van der Waals surface area contributed by atoms with E-state index in [-0.39, 0.29) is 26.1 Å². The number of likely N-dealkylation sites (N-methyl/N-ethyl adjacent to an activating group) is 1. The van der Waals surface area contributed by atoms with Gasteiger partial charge < -0.3 is 27.9 Å². The Morgan fingerprint density at radius 1 is 0.582 bits per heavy atom. The largest absolute Gasteiger partial charge is 0.756 e. The predicted molar refractivity (Wildman–Crippen MR) is 226 cm³/mol. The van der Waals surface area contributed by atoms with Crippen LogP contribution in [0.1, 0.15) is 149 Å². The third-order valence-electron chi connectivity index (χ3n) is 8.46. The number of nitrogens with zero attached hydrogens (tertiary/aromatic N) is 1. The van der Waals surface area contributed by atoms with E-state index in [4.69, 9.17) is 18.5 Å². The fourth-order valence-electron chi connectivity index (χ4n) is 5.15. The van der Waals surface area contributed by atoms with Crippen LogP contribution in [0, 0.1) is 0 Å². The molecule has 2 atom stereocenters.